The lowest BCUT2D eigenvalue weighted by atomic mass is 10.1. The third-order valence-corrected chi connectivity index (χ3v) is 4.02. The number of methoxy groups -OCH3 is 1. The van der Waals surface area contributed by atoms with Crippen LogP contribution in [0.1, 0.15) is 43.0 Å². The second-order valence-electron chi connectivity index (χ2n) is 6.25. The van der Waals surface area contributed by atoms with Crippen molar-refractivity contribution in [1.29, 1.82) is 0 Å². The molecule has 0 aliphatic rings. The molecule has 28 heavy (non-hydrogen) atoms. The maximum absolute atomic E-state index is 11.4. The number of allylic oxidation sites excluding steroid dienone is 7. The summed E-state index contributed by atoms with van der Waals surface area (Å²) >= 11 is 0. The van der Waals surface area contributed by atoms with Crippen molar-refractivity contribution >= 4 is 5.97 Å². The Morgan fingerprint density at radius 2 is 1.75 bits per heavy atom. The predicted molar refractivity (Wildman–Crippen MR) is 115 cm³/mol. The molecule has 0 saturated carbocycles. The highest BCUT2D eigenvalue weighted by atomic mass is 16.5. The Hall–Kier alpha value is -2.59. The number of hydrogen-bond acceptors (Lipinski definition) is 4. The van der Waals surface area contributed by atoms with Gasteiger partial charge in [-0.2, -0.15) is 0 Å². The van der Waals surface area contributed by atoms with Gasteiger partial charge in [0.05, 0.1) is 19.3 Å². The molecule has 0 spiro atoms. The first kappa shape index (κ1) is 23.4. The Labute approximate surface area is 168 Å². The van der Waals surface area contributed by atoms with E-state index in [0.29, 0.717) is 24.3 Å². The SMILES string of the molecule is CC/C=C\CC/C=C/C=C\C=C\[C@@H](CO)CCOc1ccc(C(=O)OC)cc1. The molecule has 0 unspecified atom stereocenters. The number of hydrogen-bond donors (Lipinski definition) is 1. The first-order valence-electron chi connectivity index (χ1n) is 9.78. The molecule has 1 N–H and O–H groups in total. The van der Waals surface area contributed by atoms with Gasteiger partial charge >= 0.3 is 5.97 Å². The summed E-state index contributed by atoms with van der Waals surface area (Å²) < 4.78 is 10.3. The van der Waals surface area contributed by atoms with E-state index in [1.807, 2.05) is 30.4 Å². The van der Waals surface area contributed by atoms with Crippen LogP contribution >= 0.6 is 0 Å². The monoisotopic (exact) mass is 384 g/mol. The maximum atomic E-state index is 11.4. The summed E-state index contributed by atoms with van der Waals surface area (Å²) in [6.45, 7) is 2.70. The Morgan fingerprint density at radius 3 is 2.43 bits per heavy atom. The van der Waals surface area contributed by atoms with E-state index < -0.39 is 0 Å². The molecule has 0 aliphatic heterocycles. The largest absolute Gasteiger partial charge is 0.494 e. The Kier molecular flexibility index (Phi) is 13.0. The summed E-state index contributed by atoms with van der Waals surface area (Å²) in [7, 11) is 1.35. The Bertz CT molecular complexity index is 654. The van der Waals surface area contributed by atoms with E-state index in [4.69, 9.17) is 4.74 Å². The second kappa shape index (κ2) is 15.5. The van der Waals surface area contributed by atoms with E-state index >= 15 is 0 Å². The van der Waals surface area contributed by atoms with Crippen molar-refractivity contribution in [3.8, 4) is 5.75 Å². The predicted octanol–water partition coefficient (Wildman–Crippen LogP) is 5.27. The van der Waals surface area contributed by atoms with Crippen LogP contribution in [0, 0.1) is 5.92 Å². The number of rotatable bonds is 13. The zero-order valence-corrected chi connectivity index (χ0v) is 16.9. The average molecular weight is 385 g/mol. The quantitative estimate of drug-likeness (QED) is 0.218. The molecule has 0 saturated heterocycles. The number of aliphatic hydroxyl groups is 1. The van der Waals surface area contributed by atoms with Gasteiger partial charge in [-0.05, 0) is 49.9 Å². The highest BCUT2D eigenvalue weighted by molar-refractivity contribution is 5.89. The number of unbranched alkanes of at least 4 members (excludes halogenated alkanes) is 1. The number of carbonyl (C=O) groups is 1. The summed E-state index contributed by atoms with van der Waals surface area (Å²) in [6.07, 6.45) is 20.4. The molecule has 1 aromatic rings. The van der Waals surface area contributed by atoms with Crippen LogP contribution in [-0.2, 0) is 4.74 Å². The first-order chi connectivity index (χ1) is 13.7. The summed E-state index contributed by atoms with van der Waals surface area (Å²) in [6, 6.07) is 6.82. The van der Waals surface area contributed by atoms with Crippen molar-refractivity contribution in [3.63, 3.8) is 0 Å². The fourth-order valence-corrected chi connectivity index (χ4v) is 2.38. The molecule has 4 heteroatoms. The molecule has 0 radical (unpaired) electrons. The second-order valence-corrected chi connectivity index (χ2v) is 6.25. The third-order valence-electron chi connectivity index (χ3n) is 4.02. The normalized spacial score (nSPS) is 13.1. The van der Waals surface area contributed by atoms with E-state index in [0.717, 1.165) is 19.3 Å². The zero-order chi connectivity index (χ0) is 20.5. The van der Waals surface area contributed by atoms with Crippen LogP contribution in [-0.4, -0.2) is 31.4 Å². The van der Waals surface area contributed by atoms with Crippen molar-refractivity contribution < 1.29 is 19.4 Å². The van der Waals surface area contributed by atoms with Gasteiger partial charge in [-0.1, -0.05) is 55.5 Å². The van der Waals surface area contributed by atoms with Gasteiger partial charge in [-0.3, -0.25) is 0 Å². The van der Waals surface area contributed by atoms with Gasteiger partial charge in [0.1, 0.15) is 5.75 Å². The summed E-state index contributed by atoms with van der Waals surface area (Å²) in [5.41, 5.74) is 0.490. The molecule has 0 heterocycles. The molecule has 0 aliphatic carbocycles. The fraction of sp³-hybridized carbons (Fsp3) is 0.375. The number of esters is 1. The number of ether oxygens (including phenoxy) is 2. The minimum atomic E-state index is -0.367. The molecule has 1 rings (SSSR count). The van der Waals surface area contributed by atoms with Gasteiger partial charge < -0.3 is 14.6 Å². The molecule has 1 aromatic carbocycles. The van der Waals surface area contributed by atoms with Gasteiger partial charge in [-0.25, -0.2) is 4.79 Å². The van der Waals surface area contributed by atoms with E-state index in [9.17, 15) is 9.90 Å². The van der Waals surface area contributed by atoms with Crippen LogP contribution in [0.15, 0.2) is 72.9 Å². The highest BCUT2D eigenvalue weighted by Crippen LogP contribution is 2.14. The van der Waals surface area contributed by atoms with Gasteiger partial charge in [-0.15, -0.1) is 0 Å². The minimum absolute atomic E-state index is 0.0437. The Balaban J connectivity index is 2.29. The van der Waals surface area contributed by atoms with E-state index in [1.165, 1.54) is 7.11 Å². The standard InChI is InChI=1S/C24H32O4/c1-3-4-5-6-7-8-9-10-11-12-13-21(20-25)18-19-28-23-16-14-22(15-17-23)24(26)27-2/h4-5,8-17,21,25H,3,6-7,18-20H2,1-2H3/b5-4-,9-8+,11-10-,13-12+/t21-/m1/s1. The van der Waals surface area contributed by atoms with Gasteiger partial charge in [0.2, 0.25) is 0 Å². The Morgan fingerprint density at radius 1 is 1.04 bits per heavy atom. The van der Waals surface area contributed by atoms with Crippen LogP contribution in [0.25, 0.3) is 0 Å². The molecule has 1 atom stereocenters. The molecule has 0 aromatic heterocycles. The highest BCUT2D eigenvalue weighted by Gasteiger charge is 2.06. The molecular weight excluding hydrogens is 352 g/mol. The lowest BCUT2D eigenvalue weighted by molar-refractivity contribution is 0.0600. The van der Waals surface area contributed by atoms with Crippen LogP contribution < -0.4 is 4.74 Å². The molecule has 0 fully saturated rings. The van der Waals surface area contributed by atoms with Crippen molar-refractivity contribution in [2.45, 2.75) is 32.6 Å². The topological polar surface area (TPSA) is 55.8 Å². The van der Waals surface area contributed by atoms with Crippen LogP contribution in [0.5, 0.6) is 5.75 Å². The van der Waals surface area contributed by atoms with Crippen LogP contribution in [0.4, 0.5) is 0 Å². The molecular formula is C24H32O4. The number of benzene rings is 1. The maximum Gasteiger partial charge on any atom is 0.337 e. The van der Waals surface area contributed by atoms with Gasteiger partial charge in [0, 0.05) is 12.5 Å². The van der Waals surface area contributed by atoms with Crippen molar-refractivity contribution in [1.82, 2.24) is 0 Å². The first-order valence-corrected chi connectivity index (χ1v) is 9.78. The molecule has 0 amide bonds. The van der Waals surface area contributed by atoms with Crippen molar-refractivity contribution in [2.75, 3.05) is 20.3 Å². The van der Waals surface area contributed by atoms with Gasteiger partial charge in [0.15, 0.2) is 0 Å². The van der Waals surface area contributed by atoms with Crippen molar-refractivity contribution in [2.24, 2.45) is 5.92 Å². The average Bonchev–Trinajstić information content (AvgIpc) is 2.73. The molecule has 0 bridgehead atoms. The lowest BCUT2D eigenvalue weighted by Crippen LogP contribution is -2.09. The third kappa shape index (κ3) is 10.5. The summed E-state index contributed by atoms with van der Waals surface area (Å²) in [5, 5.41) is 9.49. The smallest absolute Gasteiger partial charge is 0.337 e. The lowest BCUT2D eigenvalue weighted by Gasteiger charge is -2.11. The molecule has 152 valence electrons. The van der Waals surface area contributed by atoms with Crippen molar-refractivity contribution in [3.05, 3.63) is 78.4 Å². The van der Waals surface area contributed by atoms with Crippen LogP contribution in [0.3, 0.4) is 0 Å². The summed E-state index contributed by atoms with van der Waals surface area (Å²) in [4.78, 5) is 11.4. The fourth-order valence-electron chi connectivity index (χ4n) is 2.38. The number of aliphatic hydroxyl groups excluding tert-OH is 1. The van der Waals surface area contributed by atoms with Gasteiger partial charge in [0.25, 0.3) is 0 Å². The minimum Gasteiger partial charge on any atom is -0.494 e. The van der Waals surface area contributed by atoms with E-state index in [-0.39, 0.29) is 18.5 Å². The van der Waals surface area contributed by atoms with E-state index in [2.05, 4.69) is 29.9 Å². The van der Waals surface area contributed by atoms with Crippen LogP contribution in [0.2, 0.25) is 0 Å². The van der Waals surface area contributed by atoms with E-state index in [1.54, 1.807) is 24.3 Å². The number of carbonyl (C=O) groups excluding carboxylic acids is 1. The molecule has 4 nitrogen and oxygen atoms in total. The zero-order valence-electron chi connectivity index (χ0n) is 16.9. The summed E-state index contributed by atoms with van der Waals surface area (Å²) in [5.74, 6) is 0.363.